The minimum atomic E-state index is -6.67. The summed E-state index contributed by atoms with van der Waals surface area (Å²) in [5.74, 6) is -3.52. The molecule has 1 heterocycles. The summed E-state index contributed by atoms with van der Waals surface area (Å²) >= 11 is 0. The predicted octanol–water partition coefficient (Wildman–Crippen LogP) is 8.30. The van der Waals surface area contributed by atoms with E-state index in [9.17, 15) is 36.0 Å². The smallest absolute Gasteiger partial charge is 0.432 e. The molecule has 8 nitrogen and oxygen atoms in total. The lowest BCUT2D eigenvalue weighted by atomic mass is 9.48. The molecule has 276 valence electrons. The van der Waals surface area contributed by atoms with Gasteiger partial charge in [0.1, 0.15) is 5.60 Å². The third-order valence-corrected chi connectivity index (χ3v) is 15.7. The zero-order valence-corrected chi connectivity index (χ0v) is 29.3. The Balaban J connectivity index is 1.29. The highest BCUT2D eigenvalue weighted by Gasteiger charge is 2.70. The van der Waals surface area contributed by atoms with Crippen molar-refractivity contribution in [2.45, 2.75) is 83.3 Å². The average Bonchev–Trinajstić information content (AvgIpc) is 3.07. The maximum absolute atomic E-state index is 16.5. The number of benzene rings is 3. The van der Waals surface area contributed by atoms with Crippen LogP contribution in [-0.4, -0.2) is 49.3 Å². The number of rotatable bonds is 9. The molecule has 0 radical (unpaired) electrons. The van der Waals surface area contributed by atoms with Crippen molar-refractivity contribution in [3.8, 4) is 0 Å². The van der Waals surface area contributed by atoms with Crippen LogP contribution < -0.4 is 0 Å². The molecule has 8 rings (SSSR count). The highest BCUT2D eigenvalue weighted by molar-refractivity contribution is 8.33. The topological polar surface area (TPSA) is 113 Å². The van der Waals surface area contributed by atoms with E-state index in [-0.39, 0.29) is 62.5 Å². The molecule has 3 atom stereocenters. The van der Waals surface area contributed by atoms with Gasteiger partial charge in [0.25, 0.3) is 6.10 Å². The Morgan fingerprint density at radius 1 is 0.846 bits per heavy atom. The Labute approximate surface area is 298 Å². The maximum atomic E-state index is 16.5. The SMILES string of the molecule is C=C(C)C(=O)OC12CC3CC(C1)CC(C(=O)OC(C(F)(F)F)C(F)(F)S(=O)(=O)OS1(c4ccccc4)c4ccccc4C(=O)c4ccccc41)(C3)C2. The van der Waals surface area contributed by atoms with Crippen molar-refractivity contribution >= 4 is 38.1 Å². The third-order valence-electron chi connectivity index (χ3n) is 10.4. The fourth-order valence-electron chi connectivity index (χ4n) is 8.74. The summed E-state index contributed by atoms with van der Waals surface area (Å²) in [7, 11) is -10.6. The van der Waals surface area contributed by atoms with Crippen LogP contribution in [0.5, 0.6) is 0 Å². The number of ketones is 1. The second kappa shape index (κ2) is 12.2. The molecule has 4 saturated carbocycles. The molecule has 3 aromatic carbocycles. The summed E-state index contributed by atoms with van der Waals surface area (Å²) in [5, 5.41) is -5.88. The standard InChI is InChI=1S/C37H33F5O8S2/c1-22(2)31(44)49-35-19-23-16-24(20-35)18-34(17-23,21-35)33(45)48-32(36(38,39)40)37(41,42)52(46,47)50-51(25-10-4-3-5-11-25)28-14-8-6-12-26(28)30(43)27-13-7-9-15-29(27)51/h3-15,23-24,32H,1,16-21H2,2H3. The first-order chi connectivity index (χ1) is 24.3. The normalized spacial score (nSPS) is 27.2. The lowest BCUT2D eigenvalue weighted by Gasteiger charge is -2.59. The zero-order chi connectivity index (χ0) is 37.5. The first-order valence-electron chi connectivity index (χ1n) is 16.5. The van der Waals surface area contributed by atoms with E-state index < -0.39 is 66.7 Å². The van der Waals surface area contributed by atoms with Crippen molar-refractivity contribution in [1.29, 1.82) is 0 Å². The Hall–Kier alpha value is -4.08. The molecule has 3 aromatic rings. The van der Waals surface area contributed by atoms with E-state index in [0.717, 1.165) is 0 Å². The van der Waals surface area contributed by atoms with Crippen molar-refractivity contribution < 1.29 is 57.9 Å². The van der Waals surface area contributed by atoms with Crippen LogP contribution in [0.3, 0.4) is 0 Å². The quantitative estimate of drug-likeness (QED) is 0.122. The fraction of sp³-hybridized carbons (Fsp3) is 0.378. The van der Waals surface area contributed by atoms with Crippen LogP contribution in [0.2, 0.25) is 0 Å². The molecule has 3 unspecified atom stereocenters. The Morgan fingerprint density at radius 3 is 1.88 bits per heavy atom. The van der Waals surface area contributed by atoms with E-state index >= 15 is 8.78 Å². The summed E-state index contributed by atoms with van der Waals surface area (Å²) in [5.41, 5.74) is -3.07. The molecule has 52 heavy (non-hydrogen) atoms. The molecule has 0 amide bonds. The van der Waals surface area contributed by atoms with Crippen molar-refractivity contribution in [3.05, 3.63) is 102 Å². The van der Waals surface area contributed by atoms with Gasteiger partial charge in [0.2, 0.25) is 0 Å². The van der Waals surface area contributed by atoms with Crippen molar-refractivity contribution in [2.24, 2.45) is 17.3 Å². The second-order valence-electron chi connectivity index (χ2n) is 14.2. The van der Waals surface area contributed by atoms with E-state index in [4.69, 9.17) is 8.37 Å². The molecule has 4 fully saturated rings. The van der Waals surface area contributed by atoms with Crippen LogP contribution in [0, 0.1) is 17.3 Å². The van der Waals surface area contributed by atoms with Gasteiger partial charge in [-0.15, -0.1) is 0 Å². The van der Waals surface area contributed by atoms with Gasteiger partial charge in [-0.3, -0.25) is 9.59 Å². The summed E-state index contributed by atoms with van der Waals surface area (Å²) < 4.78 is 121. The number of halogens is 5. The third kappa shape index (κ3) is 5.66. The van der Waals surface area contributed by atoms with Crippen molar-refractivity contribution in [3.63, 3.8) is 0 Å². The van der Waals surface area contributed by atoms with Crippen LogP contribution in [0.4, 0.5) is 22.0 Å². The fourth-order valence-corrected chi connectivity index (χ4v) is 14.3. The summed E-state index contributed by atoms with van der Waals surface area (Å²) in [6.07, 6.45) is -9.58. The number of esters is 2. The minimum Gasteiger partial charge on any atom is -0.456 e. The predicted molar refractivity (Wildman–Crippen MR) is 177 cm³/mol. The van der Waals surface area contributed by atoms with Crippen LogP contribution in [0.15, 0.2) is 106 Å². The maximum Gasteiger partial charge on any atom is 0.432 e. The first-order valence-corrected chi connectivity index (χ1v) is 19.4. The van der Waals surface area contributed by atoms with E-state index in [1.54, 1.807) is 6.07 Å². The average molecular weight is 765 g/mol. The van der Waals surface area contributed by atoms with Gasteiger partial charge in [-0.1, -0.05) is 49.0 Å². The number of hydrogen-bond acceptors (Lipinski definition) is 8. The van der Waals surface area contributed by atoms with E-state index in [1.807, 2.05) is 0 Å². The van der Waals surface area contributed by atoms with Gasteiger partial charge in [-0.2, -0.15) is 30.4 Å². The van der Waals surface area contributed by atoms with Gasteiger partial charge in [0.15, 0.2) is 5.78 Å². The van der Waals surface area contributed by atoms with E-state index in [0.29, 0.717) is 19.3 Å². The van der Waals surface area contributed by atoms with Crippen molar-refractivity contribution in [1.82, 2.24) is 0 Å². The molecule has 5 aliphatic rings. The number of alkyl halides is 5. The van der Waals surface area contributed by atoms with Gasteiger partial charge in [0, 0.05) is 37.8 Å². The lowest BCUT2D eigenvalue weighted by molar-refractivity contribution is -0.269. The van der Waals surface area contributed by atoms with Crippen LogP contribution in [-0.2, 0) is 32.8 Å². The van der Waals surface area contributed by atoms with Gasteiger partial charge in [-0.05, 0) is 97.6 Å². The lowest BCUT2D eigenvalue weighted by Crippen LogP contribution is -2.61. The number of carbonyl (C=O) groups is 3. The first kappa shape index (κ1) is 36.3. The van der Waals surface area contributed by atoms with Crippen LogP contribution >= 0.6 is 10.3 Å². The highest BCUT2D eigenvalue weighted by Crippen LogP contribution is 2.74. The summed E-state index contributed by atoms with van der Waals surface area (Å²) in [4.78, 5) is 39.7. The van der Waals surface area contributed by atoms with Crippen LogP contribution in [0.25, 0.3) is 0 Å². The molecule has 4 bridgehead atoms. The molecular weight excluding hydrogens is 732 g/mol. The van der Waals surface area contributed by atoms with Gasteiger partial charge in [-0.25, -0.2) is 8.42 Å². The van der Waals surface area contributed by atoms with E-state index in [2.05, 4.69) is 11.3 Å². The number of hydrogen-bond donors (Lipinski definition) is 0. The van der Waals surface area contributed by atoms with Crippen LogP contribution in [0.1, 0.15) is 61.4 Å². The molecule has 15 heteroatoms. The summed E-state index contributed by atoms with van der Waals surface area (Å²) in [6.45, 7) is 4.97. The van der Waals surface area contributed by atoms with E-state index in [1.165, 1.54) is 79.7 Å². The van der Waals surface area contributed by atoms with Crippen molar-refractivity contribution in [2.75, 3.05) is 0 Å². The van der Waals surface area contributed by atoms with Gasteiger partial charge < -0.3 is 9.47 Å². The molecular formula is C37H33F5O8S2. The highest BCUT2D eigenvalue weighted by atomic mass is 32.3. The zero-order valence-electron chi connectivity index (χ0n) is 27.7. The molecule has 4 aliphatic carbocycles. The summed E-state index contributed by atoms with van der Waals surface area (Å²) in [6, 6.07) is 18.3. The molecule has 1 aliphatic heterocycles. The molecule has 0 spiro atoms. The monoisotopic (exact) mass is 764 g/mol. The number of ether oxygens (including phenoxy) is 2. The number of fused-ring (bicyclic) bond motifs is 2. The Bertz CT molecular complexity index is 2040. The van der Waals surface area contributed by atoms with Gasteiger partial charge >= 0.3 is 33.5 Å². The minimum absolute atomic E-state index is 0.00301. The molecule has 0 N–H and O–H groups in total. The largest absolute Gasteiger partial charge is 0.456 e. The number of carbonyl (C=O) groups excluding carboxylic acids is 3. The molecule has 0 aromatic heterocycles. The molecule has 0 saturated heterocycles. The Kier molecular flexibility index (Phi) is 8.54. The van der Waals surface area contributed by atoms with Gasteiger partial charge in [0.05, 0.1) is 5.41 Å². The Morgan fingerprint density at radius 2 is 1.37 bits per heavy atom. The second-order valence-corrected chi connectivity index (χ2v) is 18.7.